The van der Waals surface area contributed by atoms with E-state index in [-0.39, 0.29) is 23.5 Å². The largest absolute Gasteiger partial charge is 0.383 e. The summed E-state index contributed by atoms with van der Waals surface area (Å²) in [7, 11) is 1.63. The molecular weight excluding hydrogens is 334 g/mol. The van der Waals surface area contributed by atoms with Crippen LogP contribution in [0.3, 0.4) is 0 Å². The average Bonchev–Trinajstić information content (AvgIpc) is 3.35. The van der Waals surface area contributed by atoms with Crippen molar-refractivity contribution in [2.24, 2.45) is 11.8 Å². The molecule has 2 amide bonds. The lowest BCUT2D eigenvalue weighted by molar-refractivity contribution is -0.207. The minimum Gasteiger partial charge on any atom is -0.383 e. The lowest BCUT2D eigenvalue weighted by Gasteiger charge is -2.56. The van der Waals surface area contributed by atoms with Gasteiger partial charge in [0.05, 0.1) is 26.3 Å². The van der Waals surface area contributed by atoms with E-state index in [1.165, 1.54) is 19.3 Å². The van der Waals surface area contributed by atoms with Crippen molar-refractivity contribution in [3.8, 4) is 0 Å². The predicted molar refractivity (Wildman–Crippen MR) is 95.6 cm³/mol. The maximum absolute atomic E-state index is 12.6. The van der Waals surface area contributed by atoms with Crippen LogP contribution in [0.2, 0.25) is 0 Å². The average molecular weight is 365 g/mol. The number of nitrogens with one attached hydrogen (secondary N) is 1. The summed E-state index contributed by atoms with van der Waals surface area (Å²) in [6.45, 7) is 4.53. The van der Waals surface area contributed by atoms with Crippen LogP contribution in [0.15, 0.2) is 0 Å². The van der Waals surface area contributed by atoms with Crippen LogP contribution in [0.25, 0.3) is 0 Å². The molecule has 7 heteroatoms. The molecule has 0 unspecified atom stereocenters. The first kappa shape index (κ1) is 18.2. The Morgan fingerprint density at radius 2 is 1.96 bits per heavy atom. The summed E-state index contributed by atoms with van der Waals surface area (Å²) in [6.07, 6.45) is 5.78. The number of nitrogens with zero attached hydrogens (tertiary/aromatic N) is 2. The van der Waals surface area contributed by atoms with Gasteiger partial charge in [-0.15, -0.1) is 0 Å². The Morgan fingerprint density at radius 3 is 2.58 bits per heavy atom. The number of morpholine rings is 1. The fourth-order valence-electron chi connectivity index (χ4n) is 4.26. The van der Waals surface area contributed by atoms with Crippen molar-refractivity contribution in [3.05, 3.63) is 0 Å². The summed E-state index contributed by atoms with van der Waals surface area (Å²) in [6, 6.07) is -0.227. The van der Waals surface area contributed by atoms with Crippen LogP contribution in [0.4, 0.5) is 0 Å². The molecule has 0 radical (unpaired) electrons. The van der Waals surface area contributed by atoms with Crippen LogP contribution in [-0.2, 0) is 19.1 Å². The molecule has 0 aromatic rings. The monoisotopic (exact) mass is 365 g/mol. The van der Waals surface area contributed by atoms with Gasteiger partial charge in [-0.05, 0) is 31.6 Å². The zero-order valence-corrected chi connectivity index (χ0v) is 15.7. The van der Waals surface area contributed by atoms with Gasteiger partial charge in [-0.2, -0.15) is 0 Å². The van der Waals surface area contributed by atoms with Crippen molar-refractivity contribution < 1.29 is 19.1 Å². The summed E-state index contributed by atoms with van der Waals surface area (Å²) in [5.74, 6) is 1.29. The van der Waals surface area contributed by atoms with Crippen LogP contribution in [0.5, 0.6) is 0 Å². The quantitative estimate of drug-likeness (QED) is 0.655. The number of hydrogen-bond acceptors (Lipinski definition) is 5. The fraction of sp³-hybridized carbons (Fsp3) is 0.895. The van der Waals surface area contributed by atoms with Gasteiger partial charge in [0.25, 0.3) is 0 Å². The van der Waals surface area contributed by atoms with Gasteiger partial charge in [0.2, 0.25) is 11.8 Å². The first-order valence-corrected chi connectivity index (χ1v) is 10.0. The van der Waals surface area contributed by atoms with E-state index >= 15 is 0 Å². The molecular formula is C19H31N3O4. The summed E-state index contributed by atoms with van der Waals surface area (Å²) >= 11 is 0. The highest BCUT2D eigenvalue weighted by Gasteiger charge is 2.53. The zero-order valence-electron chi connectivity index (χ0n) is 15.7. The first-order chi connectivity index (χ1) is 12.6. The highest BCUT2D eigenvalue weighted by atomic mass is 16.5. The molecule has 146 valence electrons. The number of carbonyl (C=O) groups excluding carboxylic acids is 2. The molecule has 1 N–H and O–H groups in total. The smallest absolute Gasteiger partial charge is 0.239 e. The van der Waals surface area contributed by atoms with Gasteiger partial charge in [0.1, 0.15) is 11.6 Å². The number of rotatable bonds is 7. The maximum atomic E-state index is 12.6. The highest BCUT2D eigenvalue weighted by Crippen LogP contribution is 2.37. The molecule has 7 nitrogen and oxygen atoms in total. The second-order valence-electron chi connectivity index (χ2n) is 8.49. The molecule has 2 heterocycles. The third-order valence-electron chi connectivity index (χ3n) is 6.30. The molecule has 0 aromatic carbocycles. The Bertz CT molecular complexity index is 541. The van der Waals surface area contributed by atoms with Crippen molar-refractivity contribution in [3.63, 3.8) is 0 Å². The molecule has 0 aromatic heterocycles. The van der Waals surface area contributed by atoms with Crippen LogP contribution < -0.4 is 5.32 Å². The van der Waals surface area contributed by atoms with Gasteiger partial charge in [0, 0.05) is 32.7 Å². The van der Waals surface area contributed by atoms with Crippen LogP contribution in [-0.4, -0.2) is 86.3 Å². The van der Waals surface area contributed by atoms with Crippen molar-refractivity contribution in [1.29, 1.82) is 0 Å². The number of carbonyl (C=O) groups is 2. The SMILES string of the molecule is COCCNC(=O)[C@@H]1COC2(CN(C(=O)C3CCC3)C2)CN1CC1CC1. The Morgan fingerprint density at radius 1 is 1.19 bits per heavy atom. The van der Waals surface area contributed by atoms with Crippen molar-refractivity contribution in [2.75, 3.05) is 53.0 Å². The van der Waals surface area contributed by atoms with E-state index in [1.807, 2.05) is 4.90 Å². The molecule has 2 aliphatic carbocycles. The van der Waals surface area contributed by atoms with Gasteiger partial charge < -0.3 is 19.7 Å². The van der Waals surface area contributed by atoms with Crippen LogP contribution >= 0.6 is 0 Å². The lowest BCUT2D eigenvalue weighted by atomic mass is 9.81. The first-order valence-electron chi connectivity index (χ1n) is 10.0. The van der Waals surface area contributed by atoms with Gasteiger partial charge in [-0.25, -0.2) is 0 Å². The number of ether oxygens (including phenoxy) is 2. The summed E-state index contributed by atoms with van der Waals surface area (Å²) < 4.78 is 11.2. The summed E-state index contributed by atoms with van der Waals surface area (Å²) in [5.41, 5.74) is -0.266. The predicted octanol–water partition coefficient (Wildman–Crippen LogP) is 0.241. The van der Waals surface area contributed by atoms with E-state index in [4.69, 9.17) is 9.47 Å². The van der Waals surface area contributed by atoms with Gasteiger partial charge in [-0.1, -0.05) is 6.42 Å². The van der Waals surface area contributed by atoms with E-state index in [9.17, 15) is 9.59 Å². The molecule has 0 bridgehead atoms. The van der Waals surface area contributed by atoms with Crippen molar-refractivity contribution in [1.82, 2.24) is 15.1 Å². The summed E-state index contributed by atoms with van der Waals surface area (Å²) in [5, 5.41) is 2.95. The Hall–Kier alpha value is -1.18. The zero-order chi connectivity index (χ0) is 18.1. The minimum absolute atomic E-state index is 0.0271. The molecule has 26 heavy (non-hydrogen) atoms. The van der Waals surface area contributed by atoms with E-state index in [2.05, 4.69) is 10.2 Å². The van der Waals surface area contributed by atoms with Crippen molar-refractivity contribution in [2.45, 2.75) is 43.7 Å². The Labute approximate surface area is 155 Å². The van der Waals surface area contributed by atoms with Crippen LogP contribution in [0, 0.1) is 11.8 Å². The molecule has 4 fully saturated rings. The number of amides is 2. The lowest BCUT2D eigenvalue weighted by Crippen LogP contribution is -2.74. The molecule has 2 saturated heterocycles. The molecule has 2 aliphatic heterocycles. The van der Waals surface area contributed by atoms with Gasteiger partial charge in [0.15, 0.2) is 0 Å². The van der Waals surface area contributed by atoms with Crippen LogP contribution in [0.1, 0.15) is 32.1 Å². The number of likely N-dealkylation sites (tertiary alicyclic amines) is 1. The normalized spacial score (nSPS) is 28.5. The van der Waals surface area contributed by atoms with E-state index in [1.54, 1.807) is 7.11 Å². The Balaban J connectivity index is 1.33. The minimum atomic E-state index is -0.266. The number of methoxy groups -OCH3 is 1. The van der Waals surface area contributed by atoms with Gasteiger partial charge >= 0.3 is 0 Å². The molecule has 1 atom stereocenters. The van der Waals surface area contributed by atoms with Crippen molar-refractivity contribution >= 4 is 11.8 Å². The number of hydrogen-bond donors (Lipinski definition) is 1. The van der Waals surface area contributed by atoms with E-state index in [0.29, 0.717) is 44.7 Å². The molecule has 1 spiro atoms. The third kappa shape index (κ3) is 3.75. The third-order valence-corrected chi connectivity index (χ3v) is 6.30. The second kappa shape index (κ2) is 7.44. The Kier molecular flexibility index (Phi) is 5.21. The molecule has 4 aliphatic rings. The maximum Gasteiger partial charge on any atom is 0.239 e. The topological polar surface area (TPSA) is 71.1 Å². The summed E-state index contributed by atoms with van der Waals surface area (Å²) in [4.78, 5) is 29.2. The highest BCUT2D eigenvalue weighted by molar-refractivity contribution is 5.82. The second-order valence-corrected chi connectivity index (χ2v) is 8.49. The standard InChI is InChI=1S/C19H31N3O4/c1-25-8-7-20-17(23)16-10-26-19(11-21(16)9-14-5-6-14)12-22(13-19)18(24)15-3-2-4-15/h14-16H,2-13H2,1H3,(H,20,23)/t16-/m0/s1. The fourth-order valence-corrected chi connectivity index (χ4v) is 4.26. The van der Waals surface area contributed by atoms with E-state index in [0.717, 1.165) is 25.9 Å². The van der Waals surface area contributed by atoms with E-state index < -0.39 is 0 Å². The van der Waals surface area contributed by atoms with Gasteiger partial charge in [-0.3, -0.25) is 14.5 Å². The molecule has 2 saturated carbocycles. The molecule has 4 rings (SSSR count).